The molecule has 0 atom stereocenters. The van der Waals surface area contributed by atoms with Gasteiger partial charge in [-0.05, 0) is 38.1 Å². The molecule has 0 saturated carbocycles. The van der Waals surface area contributed by atoms with Crippen LogP contribution in [0.4, 0.5) is 0 Å². The van der Waals surface area contributed by atoms with Gasteiger partial charge in [0, 0.05) is 6.07 Å². The Morgan fingerprint density at radius 1 is 1.08 bits per heavy atom. The van der Waals surface area contributed by atoms with Gasteiger partial charge in [-0.3, -0.25) is 4.79 Å². The average molecular weight is 354 g/mol. The molecule has 0 spiro atoms. The van der Waals surface area contributed by atoms with E-state index in [2.05, 4.69) is 0 Å². The van der Waals surface area contributed by atoms with Gasteiger partial charge < -0.3 is 18.6 Å². The fraction of sp³-hybridized carbons (Fsp3) is 0.200. The summed E-state index contributed by atoms with van der Waals surface area (Å²) in [6.07, 6.45) is 1.26. The van der Waals surface area contributed by atoms with E-state index in [-0.39, 0.29) is 17.8 Å². The second kappa shape index (κ2) is 7.74. The third-order valence-corrected chi connectivity index (χ3v) is 3.63. The van der Waals surface area contributed by atoms with Crippen LogP contribution in [0.5, 0.6) is 17.2 Å². The Morgan fingerprint density at radius 2 is 1.81 bits per heavy atom. The summed E-state index contributed by atoms with van der Waals surface area (Å²) < 4.78 is 21.2. The molecule has 0 radical (unpaired) electrons. The number of hydrogen-bond donors (Lipinski definition) is 0. The largest absolute Gasteiger partial charge is 0.482 e. The molecular weight excluding hydrogens is 336 g/mol. The smallest absolute Gasteiger partial charge is 0.344 e. The molecule has 3 aromatic rings. The molecule has 6 nitrogen and oxygen atoms in total. The van der Waals surface area contributed by atoms with E-state index in [0.29, 0.717) is 29.1 Å². The Hall–Kier alpha value is -3.28. The number of carbonyl (C=O) groups excluding carboxylic acids is 1. The molecule has 0 N–H and O–H groups in total. The van der Waals surface area contributed by atoms with Crippen molar-refractivity contribution in [1.82, 2.24) is 0 Å². The summed E-state index contributed by atoms with van der Waals surface area (Å²) in [4.78, 5) is 23.9. The van der Waals surface area contributed by atoms with Crippen molar-refractivity contribution in [2.45, 2.75) is 13.8 Å². The Bertz CT molecular complexity index is 972. The van der Waals surface area contributed by atoms with Crippen molar-refractivity contribution in [3.05, 3.63) is 64.5 Å². The van der Waals surface area contributed by atoms with E-state index in [9.17, 15) is 9.59 Å². The van der Waals surface area contributed by atoms with Crippen LogP contribution in [-0.4, -0.2) is 19.2 Å². The zero-order chi connectivity index (χ0) is 18.5. The first-order valence-electron chi connectivity index (χ1n) is 8.15. The molecule has 0 aliphatic rings. The summed E-state index contributed by atoms with van der Waals surface area (Å²) in [5, 5.41) is 0.359. The Kier molecular flexibility index (Phi) is 5.22. The Balaban J connectivity index is 1.81. The van der Waals surface area contributed by atoms with Crippen LogP contribution in [-0.2, 0) is 9.53 Å². The van der Waals surface area contributed by atoms with Crippen LogP contribution in [0.25, 0.3) is 11.0 Å². The minimum Gasteiger partial charge on any atom is -0.482 e. The SMILES string of the molecule is CCOC(=O)COc1ccc2c(=O)c(Oc3ccc(C)cc3)coc2c1. The lowest BCUT2D eigenvalue weighted by molar-refractivity contribution is -0.145. The van der Waals surface area contributed by atoms with E-state index in [1.807, 2.05) is 19.1 Å². The number of esters is 1. The van der Waals surface area contributed by atoms with Crippen LogP contribution in [0.15, 0.2) is 57.9 Å². The Labute approximate surface area is 149 Å². The molecule has 6 heteroatoms. The van der Waals surface area contributed by atoms with Crippen LogP contribution in [0.2, 0.25) is 0 Å². The Morgan fingerprint density at radius 3 is 2.54 bits per heavy atom. The second-order valence-corrected chi connectivity index (χ2v) is 5.60. The van der Waals surface area contributed by atoms with Crippen molar-refractivity contribution < 1.29 is 23.4 Å². The van der Waals surface area contributed by atoms with Crippen LogP contribution in [0, 0.1) is 6.92 Å². The monoisotopic (exact) mass is 354 g/mol. The number of rotatable bonds is 6. The van der Waals surface area contributed by atoms with E-state index in [1.165, 1.54) is 6.26 Å². The lowest BCUT2D eigenvalue weighted by Crippen LogP contribution is -2.14. The first kappa shape index (κ1) is 17.5. The molecule has 0 aliphatic carbocycles. The van der Waals surface area contributed by atoms with Crippen molar-refractivity contribution in [2.75, 3.05) is 13.2 Å². The molecule has 0 amide bonds. The van der Waals surface area contributed by atoms with Crippen LogP contribution in [0.1, 0.15) is 12.5 Å². The molecule has 1 aromatic heterocycles. The summed E-state index contributed by atoms with van der Waals surface area (Å²) in [5.41, 5.74) is 1.15. The number of benzene rings is 2. The van der Waals surface area contributed by atoms with Gasteiger partial charge >= 0.3 is 5.97 Å². The minimum absolute atomic E-state index is 0.0987. The van der Waals surface area contributed by atoms with Crippen LogP contribution in [0.3, 0.4) is 0 Å². The molecule has 0 unspecified atom stereocenters. The van der Waals surface area contributed by atoms with Crippen molar-refractivity contribution >= 4 is 16.9 Å². The van der Waals surface area contributed by atoms with Gasteiger partial charge in [0.15, 0.2) is 6.61 Å². The van der Waals surface area contributed by atoms with Crippen molar-refractivity contribution in [1.29, 1.82) is 0 Å². The minimum atomic E-state index is -0.462. The maximum Gasteiger partial charge on any atom is 0.344 e. The maximum absolute atomic E-state index is 12.6. The molecular formula is C20H18O6. The molecule has 1 heterocycles. The van der Waals surface area contributed by atoms with E-state index in [4.69, 9.17) is 18.6 Å². The predicted molar refractivity (Wildman–Crippen MR) is 95.9 cm³/mol. The highest BCUT2D eigenvalue weighted by atomic mass is 16.6. The van der Waals surface area contributed by atoms with Gasteiger partial charge in [-0.1, -0.05) is 17.7 Å². The number of fused-ring (bicyclic) bond motifs is 1. The summed E-state index contributed by atoms with van der Waals surface area (Å²) >= 11 is 0. The zero-order valence-electron chi connectivity index (χ0n) is 14.5. The highest BCUT2D eigenvalue weighted by molar-refractivity contribution is 5.79. The first-order chi connectivity index (χ1) is 12.6. The summed E-state index contributed by atoms with van der Waals surface area (Å²) in [6.45, 7) is 3.77. The fourth-order valence-electron chi connectivity index (χ4n) is 2.33. The van der Waals surface area contributed by atoms with Crippen molar-refractivity contribution in [3.63, 3.8) is 0 Å². The third-order valence-electron chi connectivity index (χ3n) is 3.63. The number of aryl methyl sites for hydroxylation is 1. The third kappa shape index (κ3) is 4.03. The van der Waals surface area contributed by atoms with Gasteiger partial charge in [0.25, 0.3) is 0 Å². The number of ether oxygens (including phenoxy) is 3. The summed E-state index contributed by atoms with van der Waals surface area (Å²) in [7, 11) is 0. The van der Waals surface area contributed by atoms with Crippen LogP contribution < -0.4 is 14.9 Å². The van der Waals surface area contributed by atoms with Crippen molar-refractivity contribution in [3.8, 4) is 17.2 Å². The molecule has 0 saturated heterocycles. The molecule has 3 rings (SSSR count). The molecule has 26 heavy (non-hydrogen) atoms. The van der Waals surface area contributed by atoms with Gasteiger partial charge in [-0.2, -0.15) is 0 Å². The average Bonchev–Trinajstić information content (AvgIpc) is 2.64. The number of hydrogen-bond acceptors (Lipinski definition) is 6. The predicted octanol–water partition coefficient (Wildman–Crippen LogP) is 3.84. The van der Waals surface area contributed by atoms with Gasteiger partial charge in [0.05, 0.1) is 12.0 Å². The van der Waals surface area contributed by atoms with Gasteiger partial charge in [-0.15, -0.1) is 0 Å². The topological polar surface area (TPSA) is 75.0 Å². The van der Waals surface area contributed by atoms with Gasteiger partial charge in [0.2, 0.25) is 11.2 Å². The van der Waals surface area contributed by atoms with E-state index in [1.54, 1.807) is 37.3 Å². The van der Waals surface area contributed by atoms with E-state index in [0.717, 1.165) is 5.56 Å². The molecule has 134 valence electrons. The van der Waals surface area contributed by atoms with Gasteiger partial charge in [-0.25, -0.2) is 4.79 Å². The quantitative estimate of drug-likeness (QED) is 0.626. The highest BCUT2D eigenvalue weighted by Gasteiger charge is 2.11. The first-order valence-corrected chi connectivity index (χ1v) is 8.15. The summed E-state index contributed by atoms with van der Waals surface area (Å²) in [5.74, 6) is 0.593. The van der Waals surface area contributed by atoms with Gasteiger partial charge in [0.1, 0.15) is 23.3 Å². The zero-order valence-corrected chi connectivity index (χ0v) is 14.5. The molecule has 0 bridgehead atoms. The lowest BCUT2D eigenvalue weighted by atomic mass is 10.2. The van der Waals surface area contributed by atoms with Crippen LogP contribution >= 0.6 is 0 Å². The fourth-order valence-corrected chi connectivity index (χ4v) is 2.33. The standard InChI is InChI=1S/C20H18O6/c1-3-23-19(21)12-24-15-8-9-16-17(10-15)25-11-18(20(16)22)26-14-6-4-13(2)5-7-14/h4-11H,3,12H2,1-2H3. The van der Waals surface area contributed by atoms with Crippen molar-refractivity contribution in [2.24, 2.45) is 0 Å². The molecule has 0 aliphatic heterocycles. The molecule has 0 fully saturated rings. The molecule has 2 aromatic carbocycles. The maximum atomic E-state index is 12.6. The van der Waals surface area contributed by atoms with E-state index >= 15 is 0 Å². The van der Waals surface area contributed by atoms with E-state index < -0.39 is 5.97 Å². The summed E-state index contributed by atoms with van der Waals surface area (Å²) in [6, 6.07) is 12.1. The number of carbonyl (C=O) groups is 1. The normalized spacial score (nSPS) is 10.5. The lowest BCUT2D eigenvalue weighted by Gasteiger charge is -2.08. The second-order valence-electron chi connectivity index (χ2n) is 5.60. The highest BCUT2D eigenvalue weighted by Crippen LogP contribution is 2.24.